The minimum Gasteiger partial charge on any atom is -0.263 e. The highest BCUT2D eigenvalue weighted by atomic mass is 127. The minimum absolute atomic E-state index is 1.08. The van der Waals surface area contributed by atoms with Crippen LogP contribution < -0.4 is 0 Å². The molecule has 66 valence electrons. The first-order valence-corrected chi connectivity index (χ1v) is 6.24. The van der Waals surface area contributed by atoms with Gasteiger partial charge in [-0.25, -0.2) is 0 Å². The van der Waals surface area contributed by atoms with Crippen molar-refractivity contribution >= 4 is 65.2 Å². The van der Waals surface area contributed by atoms with Crippen molar-refractivity contribution in [3.8, 4) is 0 Å². The lowest BCUT2D eigenvalue weighted by molar-refractivity contribution is 1.34. The first-order valence-electron chi connectivity index (χ1n) is 3.57. The number of fused-ring (bicyclic) bond motifs is 1. The monoisotopic (exact) mass is 411 g/mol. The second-order valence-electron chi connectivity index (χ2n) is 2.57. The van der Waals surface area contributed by atoms with E-state index in [0.717, 1.165) is 17.9 Å². The summed E-state index contributed by atoms with van der Waals surface area (Å²) in [5.74, 6) is 0. The Morgan fingerprint density at radius 2 is 1.77 bits per heavy atom. The first kappa shape index (κ1) is 9.86. The third-order valence-corrected chi connectivity index (χ3v) is 3.94. The summed E-state index contributed by atoms with van der Waals surface area (Å²) in [4.78, 5) is 4.16. The Morgan fingerprint density at radius 1 is 1.08 bits per heavy atom. The largest absolute Gasteiger partial charge is 0.263 e. The van der Waals surface area contributed by atoms with Gasteiger partial charge in [0.1, 0.15) is 0 Å². The average molecular weight is 413 g/mol. The standard InChI is InChI=1S/C9H4Br2IN/c10-6-1-2-7(11)9-5(6)3-13-4-8(9)12/h1-4H. The molecule has 0 atom stereocenters. The van der Waals surface area contributed by atoms with Gasteiger partial charge in [0.25, 0.3) is 0 Å². The highest BCUT2D eigenvalue weighted by molar-refractivity contribution is 14.1. The van der Waals surface area contributed by atoms with Gasteiger partial charge in [0.05, 0.1) is 0 Å². The van der Waals surface area contributed by atoms with Crippen LogP contribution in [0.2, 0.25) is 0 Å². The maximum absolute atomic E-state index is 4.16. The molecule has 13 heavy (non-hydrogen) atoms. The molecular weight excluding hydrogens is 409 g/mol. The molecule has 0 saturated carbocycles. The van der Waals surface area contributed by atoms with Crippen LogP contribution in [0.5, 0.6) is 0 Å². The van der Waals surface area contributed by atoms with Gasteiger partial charge >= 0.3 is 0 Å². The summed E-state index contributed by atoms with van der Waals surface area (Å²) in [5.41, 5.74) is 0. The molecule has 0 aliphatic heterocycles. The molecule has 0 radical (unpaired) electrons. The van der Waals surface area contributed by atoms with E-state index in [9.17, 15) is 0 Å². The van der Waals surface area contributed by atoms with Crippen LogP contribution in [0.4, 0.5) is 0 Å². The van der Waals surface area contributed by atoms with E-state index in [2.05, 4.69) is 59.4 Å². The van der Waals surface area contributed by atoms with Crippen LogP contribution in [0.1, 0.15) is 0 Å². The maximum Gasteiger partial charge on any atom is 0.0408 e. The van der Waals surface area contributed by atoms with Gasteiger partial charge in [-0.05, 0) is 34.7 Å². The molecular formula is C9H4Br2IN. The lowest BCUT2D eigenvalue weighted by Crippen LogP contribution is -1.83. The van der Waals surface area contributed by atoms with E-state index in [1.807, 2.05) is 24.5 Å². The van der Waals surface area contributed by atoms with Gasteiger partial charge in [-0.1, -0.05) is 31.9 Å². The number of rotatable bonds is 0. The highest BCUT2D eigenvalue weighted by Crippen LogP contribution is 2.32. The number of benzene rings is 1. The molecule has 1 aromatic carbocycles. The molecule has 2 rings (SSSR count). The fourth-order valence-electron chi connectivity index (χ4n) is 1.18. The predicted octanol–water partition coefficient (Wildman–Crippen LogP) is 4.36. The van der Waals surface area contributed by atoms with Crippen molar-refractivity contribution in [2.24, 2.45) is 0 Å². The fraction of sp³-hybridized carbons (Fsp3) is 0. The summed E-state index contributed by atoms with van der Waals surface area (Å²) in [5, 5.41) is 2.35. The van der Waals surface area contributed by atoms with Crippen molar-refractivity contribution in [1.29, 1.82) is 0 Å². The molecule has 0 aliphatic carbocycles. The molecule has 2 aromatic rings. The Balaban J connectivity index is 3.00. The molecule has 1 heterocycles. The van der Waals surface area contributed by atoms with Crippen LogP contribution in [0.3, 0.4) is 0 Å². The Labute approximate surface area is 106 Å². The van der Waals surface area contributed by atoms with Gasteiger partial charge in [-0.2, -0.15) is 0 Å². The minimum atomic E-state index is 1.08. The molecule has 4 heteroatoms. The lowest BCUT2D eigenvalue weighted by atomic mass is 10.2. The van der Waals surface area contributed by atoms with Gasteiger partial charge in [0, 0.05) is 35.7 Å². The summed E-state index contributed by atoms with van der Waals surface area (Å²) in [7, 11) is 0. The number of pyridine rings is 1. The van der Waals surface area contributed by atoms with Crippen LogP contribution in [0.15, 0.2) is 33.5 Å². The predicted molar refractivity (Wildman–Crippen MR) is 69.9 cm³/mol. The second kappa shape index (κ2) is 3.82. The van der Waals surface area contributed by atoms with E-state index in [0.29, 0.717) is 0 Å². The van der Waals surface area contributed by atoms with Crippen LogP contribution >= 0.6 is 54.5 Å². The molecule has 0 aliphatic rings. The van der Waals surface area contributed by atoms with Crippen molar-refractivity contribution in [2.45, 2.75) is 0 Å². The first-order chi connectivity index (χ1) is 6.20. The van der Waals surface area contributed by atoms with Crippen molar-refractivity contribution in [3.63, 3.8) is 0 Å². The summed E-state index contributed by atoms with van der Waals surface area (Å²) >= 11 is 9.32. The lowest BCUT2D eigenvalue weighted by Gasteiger charge is -2.04. The van der Waals surface area contributed by atoms with Gasteiger partial charge in [-0.3, -0.25) is 4.98 Å². The summed E-state index contributed by atoms with van der Waals surface area (Å²) < 4.78 is 3.34. The third kappa shape index (κ3) is 1.76. The number of nitrogens with zero attached hydrogens (tertiary/aromatic N) is 1. The summed E-state index contributed by atoms with van der Waals surface area (Å²) in [6.45, 7) is 0. The Bertz CT molecular complexity index is 462. The molecule has 0 saturated heterocycles. The molecule has 1 aromatic heterocycles. The quantitative estimate of drug-likeness (QED) is 0.586. The second-order valence-corrected chi connectivity index (χ2v) is 5.44. The molecule has 0 spiro atoms. The van der Waals surface area contributed by atoms with Crippen LogP contribution in [-0.4, -0.2) is 4.98 Å². The molecule has 0 fully saturated rings. The van der Waals surface area contributed by atoms with Crippen molar-refractivity contribution in [3.05, 3.63) is 37.0 Å². The zero-order chi connectivity index (χ0) is 9.42. The zero-order valence-electron chi connectivity index (χ0n) is 6.39. The summed E-state index contributed by atoms with van der Waals surface area (Å²) in [6.07, 6.45) is 3.73. The van der Waals surface area contributed by atoms with Crippen molar-refractivity contribution in [2.75, 3.05) is 0 Å². The van der Waals surface area contributed by atoms with E-state index < -0.39 is 0 Å². The highest BCUT2D eigenvalue weighted by Gasteiger charge is 2.05. The van der Waals surface area contributed by atoms with E-state index in [-0.39, 0.29) is 0 Å². The number of halogens is 3. The molecule has 1 nitrogen and oxygen atoms in total. The SMILES string of the molecule is Brc1ccc(Br)c2c(I)cncc12. The smallest absolute Gasteiger partial charge is 0.0408 e. The van der Waals surface area contributed by atoms with Gasteiger partial charge in [0.15, 0.2) is 0 Å². The molecule has 0 unspecified atom stereocenters. The summed E-state index contributed by atoms with van der Waals surface area (Å²) in [6, 6.07) is 4.05. The van der Waals surface area contributed by atoms with E-state index in [4.69, 9.17) is 0 Å². The van der Waals surface area contributed by atoms with E-state index in [1.54, 1.807) is 0 Å². The van der Waals surface area contributed by atoms with E-state index >= 15 is 0 Å². The normalized spacial score (nSPS) is 10.7. The fourth-order valence-corrected chi connectivity index (χ4v) is 3.28. The average Bonchev–Trinajstić information content (AvgIpc) is 2.12. The van der Waals surface area contributed by atoms with Crippen LogP contribution in [-0.2, 0) is 0 Å². The Hall–Kier alpha value is 0.320. The van der Waals surface area contributed by atoms with Gasteiger partial charge < -0.3 is 0 Å². The van der Waals surface area contributed by atoms with Crippen LogP contribution in [0.25, 0.3) is 10.8 Å². The van der Waals surface area contributed by atoms with Gasteiger partial charge in [0.2, 0.25) is 0 Å². The van der Waals surface area contributed by atoms with Crippen molar-refractivity contribution in [1.82, 2.24) is 4.98 Å². The number of aromatic nitrogens is 1. The number of hydrogen-bond acceptors (Lipinski definition) is 1. The van der Waals surface area contributed by atoms with Crippen LogP contribution in [0, 0.1) is 3.57 Å². The maximum atomic E-state index is 4.16. The Kier molecular flexibility index (Phi) is 2.90. The molecule has 0 N–H and O–H groups in total. The van der Waals surface area contributed by atoms with Gasteiger partial charge in [-0.15, -0.1) is 0 Å². The van der Waals surface area contributed by atoms with Crippen molar-refractivity contribution < 1.29 is 0 Å². The molecule has 0 amide bonds. The Morgan fingerprint density at radius 3 is 2.46 bits per heavy atom. The molecule has 0 bridgehead atoms. The topological polar surface area (TPSA) is 12.9 Å². The zero-order valence-corrected chi connectivity index (χ0v) is 11.7. The third-order valence-electron chi connectivity index (χ3n) is 1.77. The van der Waals surface area contributed by atoms with E-state index in [1.165, 1.54) is 5.39 Å². The number of hydrogen-bond donors (Lipinski definition) is 0.